The lowest BCUT2D eigenvalue weighted by Gasteiger charge is -2.35. The van der Waals surface area contributed by atoms with Crippen molar-refractivity contribution < 1.29 is 9.90 Å². The van der Waals surface area contributed by atoms with Gasteiger partial charge >= 0.3 is 6.03 Å². The highest BCUT2D eigenvalue weighted by atomic mass is 16.3. The Morgan fingerprint density at radius 3 is 3.15 bits per heavy atom. The Bertz CT molecular complexity index is 438. The maximum absolute atomic E-state index is 12.3. The molecule has 0 radical (unpaired) electrons. The van der Waals surface area contributed by atoms with E-state index in [1.54, 1.807) is 12.4 Å². The van der Waals surface area contributed by atoms with Crippen LogP contribution in [-0.2, 0) is 6.54 Å². The zero-order chi connectivity index (χ0) is 14.4. The number of aliphatic hydroxyl groups is 1. The Morgan fingerprint density at radius 2 is 2.45 bits per heavy atom. The number of pyridine rings is 1. The number of aliphatic hydroxyl groups excluding tert-OH is 1. The molecule has 1 aliphatic rings. The van der Waals surface area contributed by atoms with Crippen LogP contribution in [0.15, 0.2) is 24.5 Å². The molecule has 0 bridgehead atoms. The summed E-state index contributed by atoms with van der Waals surface area (Å²) in [5.41, 5.74) is 0.874. The van der Waals surface area contributed by atoms with Crippen LogP contribution in [0, 0.1) is 0 Å². The lowest BCUT2D eigenvalue weighted by molar-refractivity contribution is 0.140. The first-order valence-corrected chi connectivity index (χ1v) is 7.21. The third-order valence-electron chi connectivity index (χ3n) is 4.03. The number of urea groups is 1. The molecule has 0 saturated carbocycles. The van der Waals surface area contributed by atoms with Crippen LogP contribution in [0.4, 0.5) is 4.79 Å². The number of likely N-dealkylation sites (tertiary alicyclic amines) is 1. The lowest BCUT2D eigenvalue weighted by Crippen LogP contribution is -2.49. The molecule has 0 unspecified atom stereocenters. The highest BCUT2D eigenvalue weighted by molar-refractivity contribution is 5.75. The van der Waals surface area contributed by atoms with E-state index in [-0.39, 0.29) is 18.2 Å². The molecule has 2 heterocycles. The number of nitrogens with one attached hydrogen (secondary N) is 1. The van der Waals surface area contributed by atoms with Crippen LogP contribution in [0.2, 0.25) is 0 Å². The molecule has 2 N–H and O–H groups in total. The lowest BCUT2D eigenvalue weighted by atomic mass is 9.93. The summed E-state index contributed by atoms with van der Waals surface area (Å²) in [6, 6.07) is 3.79. The topological polar surface area (TPSA) is 65.5 Å². The second kappa shape index (κ2) is 6.70. The first-order valence-electron chi connectivity index (χ1n) is 7.21. The molecule has 2 rings (SSSR count). The Labute approximate surface area is 120 Å². The van der Waals surface area contributed by atoms with Gasteiger partial charge in [0.05, 0.1) is 0 Å². The van der Waals surface area contributed by atoms with Crippen molar-refractivity contribution in [3.63, 3.8) is 0 Å². The molecule has 0 aromatic carbocycles. The normalized spacial score (nSPS) is 22.0. The minimum atomic E-state index is -0.123. The van der Waals surface area contributed by atoms with E-state index in [0.29, 0.717) is 6.54 Å². The molecule has 20 heavy (non-hydrogen) atoms. The van der Waals surface area contributed by atoms with Crippen molar-refractivity contribution in [1.29, 1.82) is 0 Å². The fourth-order valence-corrected chi connectivity index (χ4v) is 2.87. The molecular weight excluding hydrogens is 254 g/mol. The Kier molecular flexibility index (Phi) is 4.95. The Morgan fingerprint density at radius 1 is 1.60 bits per heavy atom. The number of hydrogen-bond donors (Lipinski definition) is 2. The van der Waals surface area contributed by atoms with Crippen molar-refractivity contribution in [2.75, 3.05) is 13.2 Å². The fraction of sp³-hybridized carbons (Fsp3) is 0.600. The van der Waals surface area contributed by atoms with Gasteiger partial charge in [-0.1, -0.05) is 6.07 Å². The molecule has 1 fully saturated rings. The van der Waals surface area contributed by atoms with Gasteiger partial charge in [0.25, 0.3) is 0 Å². The quantitative estimate of drug-likeness (QED) is 0.864. The van der Waals surface area contributed by atoms with Crippen LogP contribution in [0.25, 0.3) is 0 Å². The third-order valence-corrected chi connectivity index (χ3v) is 4.03. The van der Waals surface area contributed by atoms with Gasteiger partial charge in [0.1, 0.15) is 0 Å². The standard InChI is InChI=1S/C15H23N3O2/c1-15(7-4-10-19)6-3-9-18(15)14(20)17-12-13-5-2-8-16-11-13/h2,5,8,11,19H,3-4,6-7,9-10,12H2,1H3,(H,17,20)/t15-/m0/s1. The number of carbonyl (C=O) groups is 1. The van der Waals surface area contributed by atoms with E-state index >= 15 is 0 Å². The maximum Gasteiger partial charge on any atom is 0.318 e. The zero-order valence-corrected chi connectivity index (χ0v) is 12.0. The summed E-state index contributed by atoms with van der Waals surface area (Å²) in [5.74, 6) is 0. The molecule has 1 aromatic heterocycles. The van der Waals surface area contributed by atoms with E-state index < -0.39 is 0 Å². The smallest absolute Gasteiger partial charge is 0.318 e. The molecule has 1 aliphatic heterocycles. The van der Waals surface area contributed by atoms with Crippen molar-refractivity contribution in [3.05, 3.63) is 30.1 Å². The second-order valence-corrected chi connectivity index (χ2v) is 5.60. The summed E-state index contributed by atoms with van der Waals surface area (Å²) in [5, 5.41) is 11.9. The van der Waals surface area contributed by atoms with E-state index in [1.165, 1.54) is 0 Å². The van der Waals surface area contributed by atoms with Crippen molar-refractivity contribution in [3.8, 4) is 0 Å². The van der Waals surface area contributed by atoms with Gasteiger partial charge in [0.2, 0.25) is 0 Å². The van der Waals surface area contributed by atoms with Gasteiger partial charge in [-0.05, 0) is 44.2 Å². The van der Waals surface area contributed by atoms with E-state index in [0.717, 1.165) is 37.8 Å². The Hall–Kier alpha value is -1.62. The second-order valence-electron chi connectivity index (χ2n) is 5.60. The van der Waals surface area contributed by atoms with Crippen molar-refractivity contribution in [2.45, 2.75) is 44.7 Å². The van der Waals surface area contributed by atoms with Gasteiger partial charge < -0.3 is 15.3 Å². The number of carbonyl (C=O) groups excluding carboxylic acids is 1. The Balaban J connectivity index is 1.91. The monoisotopic (exact) mass is 277 g/mol. The SMILES string of the molecule is C[C@@]1(CCCO)CCCN1C(=O)NCc1cccnc1. The summed E-state index contributed by atoms with van der Waals surface area (Å²) in [4.78, 5) is 18.3. The molecule has 0 aliphatic carbocycles. The van der Waals surface area contributed by atoms with Crippen LogP contribution < -0.4 is 5.32 Å². The number of amides is 2. The maximum atomic E-state index is 12.3. The molecule has 1 saturated heterocycles. The zero-order valence-electron chi connectivity index (χ0n) is 12.0. The van der Waals surface area contributed by atoms with E-state index in [9.17, 15) is 4.79 Å². The predicted molar refractivity (Wildman–Crippen MR) is 77.1 cm³/mol. The van der Waals surface area contributed by atoms with E-state index in [2.05, 4.69) is 17.2 Å². The summed E-state index contributed by atoms with van der Waals surface area (Å²) in [7, 11) is 0. The van der Waals surface area contributed by atoms with E-state index in [4.69, 9.17) is 5.11 Å². The predicted octanol–water partition coefficient (Wildman–Crippen LogP) is 1.92. The van der Waals surface area contributed by atoms with Crippen LogP contribution in [0.3, 0.4) is 0 Å². The average molecular weight is 277 g/mol. The molecule has 1 atom stereocenters. The molecular formula is C15H23N3O2. The summed E-state index contributed by atoms with van der Waals surface area (Å²) >= 11 is 0. The van der Waals surface area contributed by atoms with Gasteiger partial charge in [-0.2, -0.15) is 0 Å². The summed E-state index contributed by atoms with van der Waals surface area (Å²) in [6.45, 7) is 3.58. The van der Waals surface area contributed by atoms with Gasteiger partial charge in [0.15, 0.2) is 0 Å². The van der Waals surface area contributed by atoms with Gasteiger partial charge in [-0.3, -0.25) is 4.98 Å². The number of aromatic nitrogens is 1. The molecule has 0 spiro atoms. The highest BCUT2D eigenvalue weighted by Gasteiger charge is 2.38. The van der Waals surface area contributed by atoms with Gasteiger partial charge in [0, 0.05) is 37.6 Å². The number of nitrogens with zero attached hydrogens (tertiary/aromatic N) is 2. The van der Waals surface area contributed by atoms with Gasteiger partial charge in [-0.25, -0.2) is 4.79 Å². The summed E-state index contributed by atoms with van der Waals surface area (Å²) < 4.78 is 0. The molecule has 110 valence electrons. The minimum absolute atomic E-state index is 0.0215. The van der Waals surface area contributed by atoms with Gasteiger partial charge in [-0.15, -0.1) is 0 Å². The number of rotatable bonds is 5. The van der Waals surface area contributed by atoms with Crippen LogP contribution in [-0.4, -0.2) is 39.7 Å². The highest BCUT2D eigenvalue weighted by Crippen LogP contribution is 2.32. The van der Waals surface area contributed by atoms with Crippen LogP contribution >= 0.6 is 0 Å². The largest absolute Gasteiger partial charge is 0.396 e. The van der Waals surface area contributed by atoms with Crippen LogP contribution in [0.5, 0.6) is 0 Å². The third kappa shape index (κ3) is 3.48. The van der Waals surface area contributed by atoms with Crippen molar-refractivity contribution in [1.82, 2.24) is 15.2 Å². The summed E-state index contributed by atoms with van der Waals surface area (Å²) in [6.07, 6.45) is 7.11. The fourth-order valence-electron chi connectivity index (χ4n) is 2.87. The molecule has 2 amide bonds. The van der Waals surface area contributed by atoms with Crippen LogP contribution in [0.1, 0.15) is 38.2 Å². The van der Waals surface area contributed by atoms with Crippen molar-refractivity contribution >= 4 is 6.03 Å². The molecule has 5 heteroatoms. The number of hydrogen-bond acceptors (Lipinski definition) is 3. The first kappa shape index (κ1) is 14.8. The van der Waals surface area contributed by atoms with Crippen molar-refractivity contribution in [2.24, 2.45) is 0 Å². The molecule has 1 aromatic rings. The van der Waals surface area contributed by atoms with E-state index in [1.807, 2.05) is 17.0 Å². The first-order chi connectivity index (χ1) is 9.65. The molecule has 5 nitrogen and oxygen atoms in total. The average Bonchev–Trinajstić information content (AvgIpc) is 2.86. The minimum Gasteiger partial charge on any atom is -0.396 e.